The van der Waals surface area contributed by atoms with Crippen molar-refractivity contribution in [3.8, 4) is 11.5 Å². The number of amides is 1. The molecule has 0 bridgehead atoms. The minimum Gasteiger partial charge on any atom is -0.497 e. The molecule has 1 aromatic carbocycles. The second-order valence-corrected chi connectivity index (χ2v) is 9.17. The monoisotopic (exact) mass is 393 g/mol. The van der Waals surface area contributed by atoms with Gasteiger partial charge in [-0.05, 0) is 37.0 Å². The van der Waals surface area contributed by atoms with E-state index in [0.717, 1.165) is 25.7 Å². The fourth-order valence-electron chi connectivity index (χ4n) is 3.94. The van der Waals surface area contributed by atoms with E-state index in [-0.39, 0.29) is 11.7 Å². The molecule has 3 rings (SSSR count). The number of anilines is 1. The van der Waals surface area contributed by atoms with Gasteiger partial charge in [-0.3, -0.25) is 4.79 Å². The lowest BCUT2D eigenvalue weighted by Gasteiger charge is -2.31. The van der Waals surface area contributed by atoms with Crippen LogP contribution in [0.1, 0.15) is 38.5 Å². The number of hydrogen-bond acceptors (Lipinski definition) is 5. The second-order valence-electron chi connectivity index (χ2n) is 7.24. The molecule has 148 valence electrons. The summed E-state index contributed by atoms with van der Waals surface area (Å²) in [6, 6.07) is 4.71. The van der Waals surface area contributed by atoms with E-state index in [1.807, 2.05) is 0 Å². The average Bonchev–Trinajstić information content (AvgIpc) is 3.02. The van der Waals surface area contributed by atoms with Crippen LogP contribution in [0, 0.1) is 5.92 Å². The molecule has 6 nitrogen and oxygen atoms in total. The highest BCUT2D eigenvalue weighted by atomic mass is 32.2. The highest BCUT2D eigenvalue weighted by molar-refractivity contribution is 7.94. The van der Waals surface area contributed by atoms with E-state index in [0.29, 0.717) is 29.5 Å². The van der Waals surface area contributed by atoms with Crippen molar-refractivity contribution in [1.82, 2.24) is 0 Å². The highest BCUT2D eigenvalue weighted by Gasteiger charge is 2.34. The summed E-state index contributed by atoms with van der Waals surface area (Å²) >= 11 is 0. The number of hydrogen-bond donors (Lipinski definition) is 0. The van der Waals surface area contributed by atoms with Gasteiger partial charge in [0.2, 0.25) is 5.91 Å². The van der Waals surface area contributed by atoms with E-state index in [2.05, 4.69) is 0 Å². The molecule has 7 heteroatoms. The lowest BCUT2D eigenvalue weighted by atomic mass is 9.86. The van der Waals surface area contributed by atoms with Gasteiger partial charge in [-0.2, -0.15) is 0 Å². The molecule has 1 aliphatic heterocycles. The number of sulfone groups is 1. The average molecular weight is 394 g/mol. The number of nitrogens with zero attached hydrogens (tertiary/aromatic N) is 1. The van der Waals surface area contributed by atoms with Crippen LogP contribution < -0.4 is 14.4 Å². The first kappa shape index (κ1) is 19.7. The van der Waals surface area contributed by atoms with Gasteiger partial charge < -0.3 is 14.4 Å². The van der Waals surface area contributed by atoms with Gasteiger partial charge in [0.25, 0.3) is 0 Å². The summed E-state index contributed by atoms with van der Waals surface area (Å²) in [4.78, 5) is 14.8. The normalized spacial score (nSPS) is 21.8. The summed E-state index contributed by atoms with van der Waals surface area (Å²) < 4.78 is 34.6. The Morgan fingerprint density at radius 3 is 2.48 bits per heavy atom. The Hall–Kier alpha value is -2.02. The first-order valence-electron chi connectivity index (χ1n) is 9.38. The highest BCUT2D eigenvalue weighted by Crippen LogP contribution is 2.36. The van der Waals surface area contributed by atoms with Crippen molar-refractivity contribution in [3.05, 3.63) is 29.7 Å². The zero-order chi connectivity index (χ0) is 19.4. The Morgan fingerprint density at radius 2 is 1.89 bits per heavy atom. The Morgan fingerprint density at radius 1 is 1.15 bits per heavy atom. The van der Waals surface area contributed by atoms with Gasteiger partial charge in [0.05, 0.1) is 31.7 Å². The second kappa shape index (κ2) is 8.33. The molecule has 0 N–H and O–H groups in total. The molecule has 1 unspecified atom stereocenters. The number of methoxy groups -OCH3 is 2. The first-order chi connectivity index (χ1) is 12.9. The summed E-state index contributed by atoms with van der Waals surface area (Å²) in [7, 11) is -0.194. The first-order valence-corrected chi connectivity index (χ1v) is 11.1. The zero-order valence-corrected chi connectivity index (χ0v) is 16.7. The molecular weight excluding hydrogens is 366 g/mol. The van der Waals surface area contributed by atoms with E-state index in [9.17, 15) is 13.2 Å². The van der Waals surface area contributed by atoms with Crippen LogP contribution >= 0.6 is 0 Å². The third kappa shape index (κ3) is 4.64. The van der Waals surface area contributed by atoms with E-state index >= 15 is 0 Å². The maximum absolute atomic E-state index is 13.2. The summed E-state index contributed by atoms with van der Waals surface area (Å²) in [6.07, 6.45) is 7.67. The van der Waals surface area contributed by atoms with Gasteiger partial charge in [0.15, 0.2) is 9.84 Å². The maximum Gasteiger partial charge on any atom is 0.227 e. The molecule has 1 heterocycles. The molecule has 27 heavy (non-hydrogen) atoms. The Balaban J connectivity index is 1.92. The molecule has 0 aromatic heterocycles. The third-order valence-corrected chi connectivity index (χ3v) is 6.72. The van der Waals surface area contributed by atoms with Gasteiger partial charge >= 0.3 is 0 Å². The summed E-state index contributed by atoms with van der Waals surface area (Å²) in [5.41, 5.74) is 0.575. The quantitative estimate of drug-likeness (QED) is 0.741. The summed E-state index contributed by atoms with van der Waals surface area (Å²) in [5.74, 6) is 1.31. The van der Waals surface area contributed by atoms with Crippen LogP contribution in [0.4, 0.5) is 5.69 Å². The van der Waals surface area contributed by atoms with Crippen LogP contribution in [0.2, 0.25) is 0 Å². The molecule has 0 spiro atoms. The molecule has 1 fully saturated rings. The molecule has 1 amide bonds. The predicted octanol–water partition coefficient (Wildman–Crippen LogP) is 3.32. The van der Waals surface area contributed by atoms with E-state index < -0.39 is 15.9 Å². The molecule has 1 aliphatic carbocycles. The van der Waals surface area contributed by atoms with Crippen LogP contribution in [0.5, 0.6) is 11.5 Å². The topological polar surface area (TPSA) is 72.9 Å². The standard InChI is InChI=1S/C20H27NO5S/c1-25-17-8-9-18(19(13-17)26-2)21(16-10-11-27(23,24)14-16)20(22)12-15-6-4-3-5-7-15/h8-11,13,15-16H,3-7,12,14H2,1-2H3. The van der Waals surface area contributed by atoms with Crippen molar-refractivity contribution in [2.45, 2.75) is 44.6 Å². The van der Waals surface area contributed by atoms with E-state index in [1.54, 1.807) is 36.3 Å². The minimum atomic E-state index is -3.29. The van der Waals surface area contributed by atoms with E-state index in [1.165, 1.54) is 18.9 Å². The van der Waals surface area contributed by atoms with Gasteiger partial charge in [-0.15, -0.1) is 0 Å². The molecule has 2 aliphatic rings. The van der Waals surface area contributed by atoms with Gasteiger partial charge in [0, 0.05) is 17.9 Å². The Bertz CT molecular complexity index is 812. The van der Waals surface area contributed by atoms with E-state index in [4.69, 9.17) is 9.47 Å². The van der Waals surface area contributed by atoms with Crippen LogP contribution in [0.25, 0.3) is 0 Å². The maximum atomic E-state index is 13.2. The minimum absolute atomic E-state index is 0.0582. The Kier molecular flexibility index (Phi) is 6.09. The molecule has 0 radical (unpaired) electrons. The molecule has 1 atom stereocenters. The summed E-state index contributed by atoms with van der Waals surface area (Å²) in [5, 5.41) is 1.20. The molecule has 1 saturated carbocycles. The lowest BCUT2D eigenvalue weighted by Crippen LogP contribution is -2.42. The zero-order valence-electron chi connectivity index (χ0n) is 15.9. The van der Waals surface area contributed by atoms with Crippen LogP contribution in [-0.2, 0) is 14.6 Å². The number of carbonyl (C=O) groups excluding carboxylic acids is 1. The van der Waals surface area contributed by atoms with Crippen molar-refractivity contribution < 1.29 is 22.7 Å². The number of carbonyl (C=O) groups is 1. The number of rotatable bonds is 6. The van der Waals surface area contributed by atoms with Crippen LogP contribution in [0.3, 0.4) is 0 Å². The fourth-order valence-corrected chi connectivity index (χ4v) is 5.21. The SMILES string of the molecule is COc1ccc(N(C(=O)CC2CCCCC2)C2C=CS(=O)(=O)C2)c(OC)c1. The van der Waals surface area contributed by atoms with Crippen LogP contribution in [-0.4, -0.2) is 40.3 Å². The fraction of sp³-hybridized carbons (Fsp3) is 0.550. The van der Waals surface area contributed by atoms with Crippen molar-refractivity contribution in [1.29, 1.82) is 0 Å². The van der Waals surface area contributed by atoms with Gasteiger partial charge in [-0.25, -0.2) is 8.42 Å². The predicted molar refractivity (Wildman–Crippen MR) is 105 cm³/mol. The Labute approximate surface area is 161 Å². The summed E-state index contributed by atoms with van der Waals surface area (Å²) in [6.45, 7) is 0. The van der Waals surface area contributed by atoms with Crippen molar-refractivity contribution in [2.75, 3.05) is 24.9 Å². The van der Waals surface area contributed by atoms with Crippen LogP contribution in [0.15, 0.2) is 29.7 Å². The number of benzene rings is 1. The smallest absolute Gasteiger partial charge is 0.227 e. The van der Waals surface area contributed by atoms with Crippen molar-refractivity contribution >= 4 is 21.4 Å². The number of ether oxygens (including phenoxy) is 2. The lowest BCUT2D eigenvalue weighted by molar-refractivity contribution is -0.120. The van der Waals surface area contributed by atoms with Crippen molar-refractivity contribution in [3.63, 3.8) is 0 Å². The third-order valence-electron chi connectivity index (χ3n) is 5.35. The molecule has 0 saturated heterocycles. The van der Waals surface area contributed by atoms with Crippen molar-refractivity contribution in [2.24, 2.45) is 5.92 Å². The van der Waals surface area contributed by atoms with Gasteiger partial charge in [-0.1, -0.05) is 19.3 Å². The molecular formula is C20H27NO5S. The molecule has 1 aromatic rings. The van der Waals surface area contributed by atoms with Gasteiger partial charge in [0.1, 0.15) is 11.5 Å². The largest absolute Gasteiger partial charge is 0.497 e.